The molecule has 6 aromatic rings. The lowest BCUT2D eigenvalue weighted by Crippen LogP contribution is -2.53. The normalized spacial score (nSPS) is 20.8. The highest BCUT2D eigenvalue weighted by atomic mass is 19.1. The maximum Gasteiger partial charge on any atom is 0.338 e. The van der Waals surface area contributed by atoms with Crippen molar-refractivity contribution < 1.29 is 47.6 Å². The van der Waals surface area contributed by atoms with Crippen LogP contribution >= 0.6 is 0 Å². The average molecular weight is 963 g/mol. The molecule has 364 valence electrons. The van der Waals surface area contributed by atoms with Crippen molar-refractivity contribution in [2.75, 3.05) is 39.3 Å². The highest BCUT2D eigenvalue weighted by molar-refractivity contribution is 5.95. The number of likely N-dealkylation sites (tertiary alicyclic amines) is 2. The van der Waals surface area contributed by atoms with Gasteiger partial charge in [-0.25, -0.2) is 28.3 Å². The Hall–Kier alpha value is -7.54. The summed E-state index contributed by atoms with van der Waals surface area (Å²) in [6.45, 7) is 5.81. The number of aliphatic hydroxyl groups is 2. The van der Waals surface area contributed by atoms with Crippen LogP contribution in [-0.2, 0) is 22.7 Å². The Bertz CT molecular complexity index is 2660. The van der Waals surface area contributed by atoms with Gasteiger partial charge >= 0.3 is 11.9 Å². The van der Waals surface area contributed by atoms with E-state index < -0.39 is 48.4 Å². The molecule has 10 rings (SSSR count). The fraction of sp³-hybridized carbons (Fsp3) is 0.391. The smallest absolute Gasteiger partial charge is 0.338 e. The number of ether oxygens (including phenoxy) is 2. The molecule has 2 amide bonds. The van der Waals surface area contributed by atoms with E-state index in [2.05, 4.69) is 51.7 Å². The fourth-order valence-electron chi connectivity index (χ4n) is 9.08. The second-order valence-corrected chi connectivity index (χ2v) is 17.4. The van der Waals surface area contributed by atoms with E-state index in [1.54, 1.807) is 48.5 Å². The van der Waals surface area contributed by atoms with Crippen LogP contribution in [0.5, 0.6) is 0 Å². The van der Waals surface area contributed by atoms with Crippen LogP contribution in [0.3, 0.4) is 0 Å². The Labute approximate surface area is 398 Å². The molecule has 0 aliphatic carbocycles. The summed E-state index contributed by atoms with van der Waals surface area (Å²) in [6, 6.07) is 11.9. The van der Waals surface area contributed by atoms with Crippen molar-refractivity contribution in [3.05, 3.63) is 129 Å². The highest BCUT2D eigenvalue weighted by Gasteiger charge is 2.35. The molecule has 4 aromatic heterocycles. The number of nitrogens with zero attached hydrogens (tertiary/aromatic N) is 12. The number of piperidine rings is 2. The lowest BCUT2D eigenvalue weighted by atomic mass is 9.94. The average Bonchev–Trinajstić information content (AvgIpc) is 4.22. The SMILES string of the molecule is Cc1c([C@@H](O)CN2CC[C@@H](NC(=O)c3ccc(-n4cnnn4)nc3)[C@@H](F)C2)ccc2c1COC2=O.Cc1c([C@@H](O)CN2CC[C@H](NC(=O)c3ccc(-n4cnnn4)nc3)[C@H](F)C2)ccc2c1COC2=O. The standard InChI is InChI=1S/2C23H24FN7O4/c2*1-13-15(3-4-16-17(13)11-35-23(16)34)20(32)10-30-7-6-19(18(24)9-30)27-22(33)14-2-5-21(25-8-14)31-12-26-28-29-31/h2*2-5,8,12,18-20,32H,6-7,9-11H2,1H3,(H,27,33)/t18-,19+,20+;18-,19+,20-/m10/s1. The number of benzene rings is 2. The quantitative estimate of drug-likeness (QED) is 0.127. The van der Waals surface area contributed by atoms with Gasteiger partial charge in [0.05, 0.1) is 46.5 Å². The van der Waals surface area contributed by atoms with E-state index in [1.165, 1.54) is 34.4 Å². The molecular weight excluding hydrogens is 915 g/mol. The first-order valence-corrected chi connectivity index (χ1v) is 22.5. The van der Waals surface area contributed by atoms with Crippen molar-refractivity contribution in [2.24, 2.45) is 0 Å². The monoisotopic (exact) mass is 962 g/mol. The van der Waals surface area contributed by atoms with Crippen LogP contribution in [0.25, 0.3) is 11.6 Å². The number of nitrogens with one attached hydrogen (secondary N) is 2. The molecule has 8 heterocycles. The van der Waals surface area contributed by atoms with Gasteiger partial charge in [-0.05, 0) is 106 Å². The second-order valence-electron chi connectivity index (χ2n) is 17.4. The summed E-state index contributed by atoms with van der Waals surface area (Å²) in [5.41, 5.74) is 6.28. The summed E-state index contributed by atoms with van der Waals surface area (Å²) in [5, 5.41) is 48.7. The van der Waals surface area contributed by atoms with E-state index >= 15 is 0 Å². The maximum absolute atomic E-state index is 14.9. The molecule has 24 heteroatoms. The van der Waals surface area contributed by atoms with E-state index in [4.69, 9.17) is 9.47 Å². The van der Waals surface area contributed by atoms with Gasteiger partial charge in [-0.15, -0.1) is 10.2 Å². The van der Waals surface area contributed by atoms with Crippen molar-refractivity contribution in [3.8, 4) is 11.6 Å². The Morgan fingerprint density at radius 1 is 0.671 bits per heavy atom. The number of fused-ring (bicyclic) bond motifs is 2. The number of β-amino-alcohol motifs (C(OH)–C–C–N with tert-alkyl or cyclic N) is 2. The van der Waals surface area contributed by atoms with E-state index in [-0.39, 0.29) is 51.3 Å². The molecule has 2 saturated heterocycles. The van der Waals surface area contributed by atoms with Crippen molar-refractivity contribution in [1.82, 2.24) is 70.8 Å². The zero-order chi connectivity index (χ0) is 49.1. The number of halogens is 2. The van der Waals surface area contributed by atoms with Gasteiger partial charge in [-0.2, -0.15) is 9.36 Å². The van der Waals surface area contributed by atoms with Crippen LogP contribution in [-0.4, -0.2) is 158 Å². The number of hydrogen-bond acceptors (Lipinski definition) is 18. The van der Waals surface area contributed by atoms with Crippen LogP contribution < -0.4 is 10.6 Å². The Morgan fingerprint density at radius 2 is 1.10 bits per heavy atom. The van der Waals surface area contributed by atoms with Gasteiger partial charge in [0.2, 0.25) is 0 Å². The minimum Gasteiger partial charge on any atom is -0.457 e. The number of pyridine rings is 2. The van der Waals surface area contributed by atoms with Crippen LogP contribution in [0.4, 0.5) is 8.78 Å². The van der Waals surface area contributed by atoms with Gasteiger partial charge in [0, 0.05) is 62.8 Å². The number of amides is 2. The van der Waals surface area contributed by atoms with Crippen molar-refractivity contribution >= 4 is 23.8 Å². The summed E-state index contributed by atoms with van der Waals surface area (Å²) in [4.78, 5) is 60.7. The number of carbonyl (C=O) groups is 4. The van der Waals surface area contributed by atoms with Gasteiger partial charge in [0.25, 0.3) is 11.8 Å². The van der Waals surface area contributed by atoms with Gasteiger partial charge in [-0.3, -0.25) is 19.4 Å². The number of cyclic esters (lactones) is 2. The zero-order valence-electron chi connectivity index (χ0n) is 37.9. The third-order valence-electron chi connectivity index (χ3n) is 13.1. The second kappa shape index (κ2) is 20.6. The summed E-state index contributed by atoms with van der Waals surface area (Å²) in [6.07, 6.45) is 2.12. The summed E-state index contributed by atoms with van der Waals surface area (Å²) < 4.78 is 42.8. The predicted octanol–water partition coefficient (Wildman–Crippen LogP) is 1.82. The number of tetrazole rings is 2. The largest absolute Gasteiger partial charge is 0.457 e. The molecule has 0 saturated carbocycles. The Balaban J connectivity index is 0.000000174. The van der Waals surface area contributed by atoms with Gasteiger partial charge in [0.1, 0.15) is 38.2 Å². The van der Waals surface area contributed by atoms with Crippen LogP contribution in [0, 0.1) is 13.8 Å². The fourth-order valence-corrected chi connectivity index (χ4v) is 9.08. The van der Waals surface area contributed by atoms with Gasteiger partial charge < -0.3 is 30.3 Å². The highest BCUT2D eigenvalue weighted by Crippen LogP contribution is 2.32. The maximum atomic E-state index is 14.9. The molecule has 0 radical (unpaired) electrons. The van der Waals surface area contributed by atoms with Crippen molar-refractivity contribution in [1.29, 1.82) is 0 Å². The zero-order valence-corrected chi connectivity index (χ0v) is 37.9. The summed E-state index contributed by atoms with van der Waals surface area (Å²) in [7, 11) is 0. The molecule has 4 aliphatic heterocycles. The molecule has 6 atom stereocenters. The number of alkyl halides is 2. The minimum absolute atomic E-state index is 0.0874. The van der Waals surface area contributed by atoms with Gasteiger partial charge in [-0.1, -0.05) is 12.1 Å². The first-order chi connectivity index (χ1) is 33.8. The Morgan fingerprint density at radius 3 is 1.46 bits per heavy atom. The molecular formula is C46H48F2N14O8. The molecule has 2 aromatic carbocycles. The Kier molecular flexibility index (Phi) is 14.0. The van der Waals surface area contributed by atoms with E-state index in [0.717, 1.165) is 22.3 Å². The third kappa shape index (κ3) is 10.2. The molecule has 22 nitrogen and oxygen atoms in total. The number of rotatable bonds is 12. The van der Waals surface area contributed by atoms with E-state index in [9.17, 15) is 38.2 Å². The third-order valence-corrected chi connectivity index (χ3v) is 13.1. The molecule has 2 fully saturated rings. The van der Waals surface area contributed by atoms with E-state index in [1.807, 2.05) is 23.6 Å². The number of aliphatic hydroxyl groups excluding tert-OH is 2. The first-order valence-electron chi connectivity index (χ1n) is 22.5. The lowest BCUT2D eigenvalue weighted by molar-refractivity contribution is 0.0522. The number of hydrogen-bond donors (Lipinski definition) is 4. The van der Waals surface area contributed by atoms with E-state index in [0.29, 0.717) is 70.9 Å². The number of aromatic nitrogens is 10. The van der Waals surface area contributed by atoms with Crippen LogP contribution in [0.2, 0.25) is 0 Å². The van der Waals surface area contributed by atoms with Crippen molar-refractivity contribution in [3.63, 3.8) is 0 Å². The molecule has 4 N–H and O–H groups in total. The molecule has 4 aliphatic rings. The van der Waals surface area contributed by atoms with Crippen molar-refractivity contribution in [2.45, 2.75) is 76.5 Å². The first kappa shape index (κ1) is 47.5. The summed E-state index contributed by atoms with van der Waals surface area (Å²) in [5.74, 6) is -0.612. The lowest BCUT2D eigenvalue weighted by Gasteiger charge is -2.36. The van der Waals surface area contributed by atoms with Gasteiger partial charge in [0.15, 0.2) is 11.6 Å². The molecule has 0 unspecified atom stereocenters. The molecule has 0 spiro atoms. The van der Waals surface area contributed by atoms with Crippen LogP contribution in [0.1, 0.15) is 99.9 Å². The molecule has 70 heavy (non-hydrogen) atoms. The summed E-state index contributed by atoms with van der Waals surface area (Å²) >= 11 is 0. The minimum atomic E-state index is -1.29. The predicted molar refractivity (Wildman–Crippen MR) is 239 cm³/mol. The molecule has 0 bridgehead atoms. The number of carbonyl (C=O) groups excluding carboxylic acids is 4. The topological polar surface area (TPSA) is 271 Å². The number of esters is 2. The van der Waals surface area contributed by atoms with Crippen LogP contribution in [0.15, 0.2) is 73.6 Å².